The zero-order valence-electron chi connectivity index (χ0n) is 25.3. The van der Waals surface area contributed by atoms with Crippen LogP contribution in [0.3, 0.4) is 0 Å². The van der Waals surface area contributed by atoms with Gasteiger partial charge >= 0.3 is 0 Å². The van der Waals surface area contributed by atoms with Crippen LogP contribution in [0.1, 0.15) is 53.6 Å². The zero-order chi connectivity index (χ0) is 29.5. The van der Waals surface area contributed by atoms with Crippen molar-refractivity contribution in [2.24, 2.45) is 5.41 Å². The van der Waals surface area contributed by atoms with E-state index in [1.165, 1.54) is 49.9 Å². The molecule has 4 aromatic rings. The lowest BCUT2D eigenvalue weighted by Crippen LogP contribution is -2.59. The van der Waals surface area contributed by atoms with Crippen LogP contribution in [0.4, 0.5) is 5.69 Å². The van der Waals surface area contributed by atoms with E-state index in [1.54, 1.807) is 6.20 Å². The first-order valence-corrected chi connectivity index (χ1v) is 16.3. The molecule has 1 spiro atoms. The number of carbonyl (C=O) groups is 1. The Morgan fingerprint density at radius 2 is 1.86 bits per heavy atom. The van der Waals surface area contributed by atoms with Gasteiger partial charge in [-0.1, -0.05) is 12.1 Å². The number of H-pyrrole nitrogens is 1. The number of hydrogen-bond acceptors (Lipinski definition) is 7. The molecule has 0 atom stereocenters. The van der Waals surface area contributed by atoms with E-state index < -0.39 is 0 Å². The van der Waals surface area contributed by atoms with Crippen molar-refractivity contribution < 1.29 is 14.3 Å². The lowest BCUT2D eigenvalue weighted by Gasteiger charge is -2.56. The Morgan fingerprint density at radius 1 is 1.00 bits per heavy atom. The molecule has 4 aliphatic rings. The highest BCUT2D eigenvalue weighted by atomic mass is 16.5. The summed E-state index contributed by atoms with van der Waals surface area (Å²) >= 11 is 0. The maximum absolute atomic E-state index is 11.8. The third-order valence-electron chi connectivity index (χ3n) is 10.6. The summed E-state index contributed by atoms with van der Waals surface area (Å²) in [5.41, 5.74) is 5.72. The van der Waals surface area contributed by atoms with Crippen LogP contribution in [0.2, 0.25) is 0 Å². The number of fused-ring (bicyclic) bond motifs is 2. The van der Waals surface area contributed by atoms with Gasteiger partial charge in [0.25, 0.3) is 0 Å². The molecule has 1 aliphatic carbocycles. The smallest absolute Gasteiger partial charge is 0.153 e. The van der Waals surface area contributed by atoms with Gasteiger partial charge in [0.1, 0.15) is 22.9 Å². The molecule has 8 rings (SSSR count). The van der Waals surface area contributed by atoms with Gasteiger partial charge in [-0.15, -0.1) is 0 Å². The predicted molar refractivity (Wildman–Crippen MR) is 172 cm³/mol. The number of piperazine rings is 1. The SMILES string of the molecule is O=Cc1ccc(N2CCC3(CC2)CC(N2CCN(Cc4ccc5c(c4)OCCC5)CC2)C3)cc1Oc1cnc2[nH]ccc2c1. The second-order valence-electron chi connectivity index (χ2n) is 13.3. The van der Waals surface area contributed by atoms with Gasteiger partial charge in [0.15, 0.2) is 6.29 Å². The minimum absolute atomic E-state index is 0.487. The van der Waals surface area contributed by atoms with Crippen molar-refractivity contribution in [1.82, 2.24) is 19.8 Å². The van der Waals surface area contributed by atoms with E-state index in [9.17, 15) is 4.79 Å². The largest absolute Gasteiger partial charge is 0.493 e. The van der Waals surface area contributed by atoms with Crippen LogP contribution in [0.15, 0.2) is 60.9 Å². The van der Waals surface area contributed by atoms with Crippen LogP contribution in [0.5, 0.6) is 17.2 Å². The van der Waals surface area contributed by atoms with Gasteiger partial charge in [0.2, 0.25) is 0 Å². The van der Waals surface area contributed by atoms with Gasteiger partial charge in [0, 0.05) is 75.2 Å². The average Bonchev–Trinajstić information content (AvgIpc) is 3.52. The van der Waals surface area contributed by atoms with Crippen molar-refractivity contribution in [2.45, 2.75) is 51.1 Å². The predicted octanol–water partition coefficient (Wildman–Crippen LogP) is 6.06. The van der Waals surface area contributed by atoms with Crippen LogP contribution in [-0.4, -0.2) is 78.0 Å². The van der Waals surface area contributed by atoms with E-state index in [0.29, 0.717) is 22.5 Å². The quantitative estimate of drug-likeness (QED) is 0.262. The fourth-order valence-electron chi connectivity index (χ4n) is 7.88. The van der Waals surface area contributed by atoms with Crippen LogP contribution in [0, 0.1) is 5.41 Å². The molecular weight excluding hydrogens is 550 g/mol. The van der Waals surface area contributed by atoms with Crippen molar-refractivity contribution in [3.05, 3.63) is 77.6 Å². The number of ether oxygens (including phenoxy) is 2. The Balaban J connectivity index is 0.831. The molecule has 1 saturated carbocycles. The van der Waals surface area contributed by atoms with Crippen molar-refractivity contribution >= 4 is 23.0 Å². The molecule has 0 amide bonds. The number of aldehydes is 1. The van der Waals surface area contributed by atoms with Crippen LogP contribution in [0.25, 0.3) is 11.0 Å². The van der Waals surface area contributed by atoms with Crippen molar-refractivity contribution in [1.29, 1.82) is 0 Å². The molecular formula is C36H41N5O3. The number of pyridine rings is 1. The van der Waals surface area contributed by atoms with E-state index in [2.05, 4.69) is 48.9 Å². The highest BCUT2D eigenvalue weighted by Crippen LogP contribution is 2.51. The standard InChI is InChI=1S/C36H41N5O3/c42-25-29-5-6-30(20-34(29)44-32-19-28-7-10-37-35(28)38-23-32)40-11-8-36(9-12-40)21-31(22-36)41-15-13-39(14-16-41)24-26-3-4-27-2-1-17-43-33(27)18-26/h3-7,10,18-20,23,25,31H,1-2,8-9,11-17,21-22,24H2,(H,37,38). The molecule has 228 valence electrons. The molecule has 0 bridgehead atoms. The van der Waals surface area contributed by atoms with Gasteiger partial charge in [0.05, 0.1) is 18.4 Å². The van der Waals surface area contributed by atoms with E-state index in [1.807, 2.05) is 30.5 Å². The monoisotopic (exact) mass is 591 g/mol. The number of aryl methyl sites for hydroxylation is 1. The summed E-state index contributed by atoms with van der Waals surface area (Å²) in [6.45, 7) is 8.60. The number of aromatic amines is 1. The first-order chi connectivity index (χ1) is 21.6. The van der Waals surface area contributed by atoms with Crippen molar-refractivity contribution in [3.63, 3.8) is 0 Å². The summed E-state index contributed by atoms with van der Waals surface area (Å²) in [6.07, 6.45) is 11.8. The number of benzene rings is 2. The Bertz CT molecular complexity index is 1640. The number of aromatic nitrogens is 2. The number of piperidine rings is 1. The molecule has 2 saturated heterocycles. The van der Waals surface area contributed by atoms with E-state index in [4.69, 9.17) is 9.47 Å². The third kappa shape index (κ3) is 5.46. The number of nitrogens with zero attached hydrogens (tertiary/aromatic N) is 4. The van der Waals surface area contributed by atoms with Crippen LogP contribution < -0.4 is 14.4 Å². The van der Waals surface area contributed by atoms with Gasteiger partial charge in [-0.2, -0.15) is 0 Å². The fraction of sp³-hybridized carbons (Fsp3) is 0.444. The highest BCUT2D eigenvalue weighted by Gasteiger charge is 2.48. The normalized spacial score (nSPS) is 20.7. The lowest BCUT2D eigenvalue weighted by molar-refractivity contribution is -0.0355. The topological polar surface area (TPSA) is 73.9 Å². The Labute approximate surface area is 259 Å². The lowest BCUT2D eigenvalue weighted by atomic mass is 9.60. The Morgan fingerprint density at radius 3 is 2.70 bits per heavy atom. The number of carbonyl (C=O) groups excluding carboxylic acids is 1. The Hall–Kier alpha value is -3.88. The van der Waals surface area contributed by atoms with Gasteiger partial charge in [-0.25, -0.2) is 4.98 Å². The van der Waals surface area contributed by atoms with E-state index in [0.717, 1.165) is 87.0 Å². The van der Waals surface area contributed by atoms with Crippen molar-refractivity contribution in [3.8, 4) is 17.2 Å². The van der Waals surface area contributed by atoms with Gasteiger partial charge in [-0.3, -0.25) is 14.6 Å². The molecule has 2 aromatic carbocycles. The molecule has 8 nitrogen and oxygen atoms in total. The number of anilines is 1. The molecule has 44 heavy (non-hydrogen) atoms. The molecule has 0 unspecified atom stereocenters. The van der Waals surface area contributed by atoms with Gasteiger partial charge in [-0.05, 0) is 85.4 Å². The maximum atomic E-state index is 11.8. The number of hydrogen-bond donors (Lipinski definition) is 1. The second-order valence-corrected chi connectivity index (χ2v) is 13.3. The summed E-state index contributed by atoms with van der Waals surface area (Å²) in [5, 5.41) is 0.981. The van der Waals surface area contributed by atoms with E-state index in [-0.39, 0.29) is 0 Å². The number of rotatable bonds is 7. The average molecular weight is 592 g/mol. The molecule has 0 radical (unpaired) electrons. The van der Waals surface area contributed by atoms with Crippen LogP contribution in [-0.2, 0) is 13.0 Å². The first kappa shape index (κ1) is 27.7. The van der Waals surface area contributed by atoms with Crippen molar-refractivity contribution in [2.75, 3.05) is 50.8 Å². The van der Waals surface area contributed by atoms with Crippen LogP contribution >= 0.6 is 0 Å². The molecule has 3 fully saturated rings. The summed E-state index contributed by atoms with van der Waals surface area (Å²) < 4.78 is 12.1. The second kappa shape index (κ2) is 11.6. The summed E-state index contributed by atoms with van der Waals surface area (Å²) in [6, 6.07) is 17.4. The highest BCUT2D eigenvalue weighted by molar-refractivity contribution is 5.81. The molecule has 8 heteroatoms. The Kier molecular flexibility index (Phi) is 7.27. The fourth-order valence-corrected chi connectivity index (χ4v) is 7.88. The first-order valence-electron chi connectivity index (χ1n) is 16.3. The number of nitrogens with one attached hydrogen (secondary N) is 1. The molecule has 3 aliphatic heterocycles. The summed E-state index contributed by atoms with van der Waals surface area (Å²) in [7, 11) is 0. The molecule has 1 N–H and O–H groups in total. The third-order valence-corrected chi connectivity index (χ3v) is 10.6. The van der Waals surface area contributed by atoms with Gasteiger partial charge < -0.3 is 19.4 Å². The summed E-state index contributed by atoms with van der Waals surface area (Å²) in [4.78, 5) is 27.1. The van der Waals surface area contributed by atoms with E-state index >= 15 is 0 Å². The summed E-state index contributed by atoms with van der Waals surface area (Å²) in [5.74, 6) is 2.31. The molecule has 5 heterocycles. The zero-order valence-corrected chi connectivity index (χ0v) is 25.3. The molecule has 2 aromatic heterocycles. The maximum Gasteiger partial charge on any atom is 0.153 e. The minimum Gasteiger partial charge on any atom is -0.493 e. The minimum atomic E-state index is 0.487.